The van der Waals surface area contributed by atoms with Gasteiger partial charge >= 0.3 is 19.8 Å². The fraction of sp³-hybridized carbons (Fsp3) is 0.956. The number of hydrogen-bond donors (Lipinski definition) is 6. The normalized spacial score (nSPS) is 22.2. The lowest BCUT2D eigenvalue weighted by molar-refractivity contribution is -0.220. The fourth-order valence-electron chi connectivity index (χ4n) is 7.58. The number of esters is 2. The summed E-state index contributed by atoms with van der Waals surface area (Å²) in [5.41, 5.74) is 0. The molecule has 0 heterocycles. The van der Waals surface area contributed by atoms with E-state index in [0.717, 1.165) is 38.5 Å². The minimum atomic E-state index is -5.11. The summed E-state index contributed by atoms with van der Waals surface area (Å²) in [5.74, 6) is -1.08. The van der Waals surface area contributed by atoms with Crippen molar-refractivity contribution in [1.82, 2.24) is 0 Å². The maximum atomic E-state index is 12.8. The van der Waals surface area contributed by atoms with Crippen LogP contribution in [0.2, 0.25) is 0 Å². The predicted molar refractivity (Wildman–Crippen MR) is 231 cm³/mol. The first kappa shape index (κ1) is 55.9. The molecule has 1 fully saturated rings. The molecule has 0 aromatic rings. The van der Waals surface area contributed by atoms with Gasteiger partial charge in [0, 0.05) is 12.8 Å². The molecule has 6 unspecified atom stereocenters. The molecule has 8 atom stereocenters. The van der Waals surface area contributed by atoms with Crippen molar-refractivity contribution >= 4 is 19.8 Å². The van der Waals surface area contributed by atoms with E-state index in [9.17, 15) is 44.6 Å². The Balaban J connectivity index is 2.41. The Bertz CT molecular complexity index is 1050. The summed E-state index contributed by atoms with van der Waals surface area (Å²) in [5, 5.41) is 50.1. The van der Waals surface area contributed by atoms with Crippen LogP contribution in [0.15, 0.2) is 0 Å². The number of carbonyl (C=O) groups is 2. The molecule has 0 aromatic carbocycles. The molecule has 14 heteroatoms. The highest BCUT2D eigenvalue weighted by atomic mass is 31.2. The molecule has 350 valence electrons. The van der Waals surface area contributed by atoms with Crippen LogP contribution >= 0.6 is 7.82 Å². The van der Waals surface area contributed by atoms with E-state index in [1.807, 2.05) is 0 Å². The molecule has 0 spiro atoms. The Hall–Kier alpha value is -1.15. The Morgan fingerprint density at radius 2 is 0.763 bits per heavy atom. The van der Waals surface area contributed by atoms with Gasteiger partial charge in [-0.15, -0.1) is 0 Å². The van der Waals surface area contributed by atoms with Gasteiger partial charge in [0.2, 0.25) is 0 Å². The molecule has 0 bridgehead atoms. The summed E-state index contributed by atoms with van der Waals surface area (Å²) in [6.07, 6.45) is 23.0. The topological polar surface area (TPSA) is 210 Å². The Morgan fingerprint density at radius 1 is 0.458 bits per heavy atom. The zero-order valence-electron chi connectivity index (χ0n) is 37.1. The number of unbranched alkanes of at least 4 members (excludes halogenated alkanes) is 28. The molecule has 1 saturated carbocycles. The number of aliphatic hydroxyl groups excluding tert-OH is 5. The summed E-state index contributed by atoms with van der Waals surface area (Å²) in [7, 11) is -5.11. The second-order valence-corrected chi connectivity index (χ2v) is 18.4. The highest BCUT2D eigenvalue weighted by Crippen LogP contribution is 2.47. The summed E-state index contributed by atoms with van der Waals surface area (Å²) < 4.78 is 33.5. The lowest BCUT2D eigenvalue weighted by Crippen LogP contribution is -2.64. The van der Waals surface area contributed by atoms with Gasteiger partial charge in [0.15, 0.2) is 6.10 Å². The lowest BCUT2D eigenvalue weighted by Gasteiger charge is -2.41. The summed E-state index contributed by atoms with van der Waals surface area (Å²) in [6, 6.07) is 0. The molecule has 0 radical (unpaired) electrons. The van der Waals surface area contributed by atoms with Gasteiger partial charge in [-0.3, -0.25) is 18.6 Å². The van der Waals surface area contributed by atoms with Gasteiger partial charge in [-0.05, 0) is 12.8 Å². The van der Waals surface area contributed by atoms with E-state index in [1.54, 1.807) is 0 Å². The number of phosphoric acid groups is 1. The van der Waals surface area contributed by atoms with Gasteiger partial charge in [-0.25, -0.2) is 4.57 Å². The smallest absolute Gasteiger partial charge is 0.462 e. The van der Waals surface area contributed by atoms with Crippen molar-refractivity contribution in [1.29, 1.82) is 0 Å². The predicted octanol–water partition coefficient (Wildman–Crippen LogP) is 9.28. The third kappa shape index (κ3) is 29.0. The average molecular weight is 867 g/mol. The minimum absolute atomic E-state index is 0.105. The number of rotatable bonds is 40. The molecule has 0 amide bonds. The van der Waals surface area contributed by atoms with E-state index in [1.165, 1.54) is 141 Å². The number of carbonyl (C=O) groups excluding carboxylic acids is 2. The first-order valence-corrected chi connectivity index (χ1v) is 25.3. The number of hydrogen-bond acceptors (Lipinski definition) is 12. The number of phosphoric ester groups is 1. The van der Waals surface area contributed by atoms with Gasteiger partial charge in [0.05, 0.1) is 6.61 Å². The third-order valence-corrected chi connectivity index (χ3v) is 12.4. The van der Waals surface area contributed by atoms with Crippen LogP contribution in [0, 0.1) is 0 Å². The highest BCUT2D eigenvalue weighted by Gasteiger charge is 2.51. The van der Waals surface area contributed by atoms with Crippen molar-refractivity contribution in [3.05, 3.63) is 0 Å². The van der Waals surface area contributed by atoms with E-state index in [0.29, 0.717) is 12.8 Å². The van der Waals surface area contributed by atoms with E-state index < -0.39 is 75.7 Å². The maximum Gasteiger partial charge on any atom is 0.472 e. The largest absolute Gasteiger partial charge is 0.472 e. The maximum absolute atomic E-state index is 12.8. The van der Waals surface area contributed by atoms with E-state index >= 15 is 0 Å². The van der Waals surface area contributed by atoms with Crippen molar-refractivity contribution in [2.24, 2.45) is 0 Å². The van der Waals surface area contributed by atoms with Gasteiger partial charge in [-0.2, -0.15) is 0 Å². The van der Waals surface area contributed by atoms with Crippen LogP contribution in [-0.4, -0.2) is 98.3 Å². The zero-order valence-corrected chi connectivity index (χ0v) is 38.0. The molecule has 6 N–H and O–H groups in total. The molecule has 0 aliphatic heterocycles. The standard InChI is InChI=1S/C45H87O13P/c1-3-5-7-9-11-13-15-17-18-19-20-21-22-24-26-28-30-32-34-39(47)57-37(35-55-38(46)33-31-29-27-25-23-16-14-12-10-8-6-4-2)36-56-59(53,54)58-45-43(51)41(49)40(48)42(50)44(45)52/h37,40-45,48-52H,3-36H2,1-2H3,(H,53,54)/t37-,40?,41+,42?,43?,44?,45?/m1/s1. The van der Waals surface area contributed by atoms with Crippen LogP contribution in [0.25, 0.3) is 0 Å². The van der Waals surface area contributed by atoms with Gasteiger partial charge in [0.1, 0.15) is 43.2 Å². The van der Waals surface area contributed by atoms with E-state index in [2.05, 4.69) is 13.8 Å². The van der Waals surface area contributed by atoms with Crippen molar-refractivity contribution in [3.63, 3.8) is 0 Å². The SMILES string of the molecule is CCCCCCCCCCCCCCCCCCCCC(=O)O[C@H](COC(=O)CCCCCCCCCCCCCC)COP(=O)(O)OC1C(O)C(O)C(O)[C@H](O)C1O. The molecular weight excluding hydrogens is 779 g/mol. The summed E-state index contributed by atoms with van der Waals surface area (Å²) in [4.78, 5) is 35.7. The Kier molecular flexibility index (Phi) is 34.4. The fourth-order valence-corrected chi connectivity index (χ4v) is 8.56. The molecule has 1 aliphatic carbocycles. The Morgan fingerprint density at radius 3 is 1.12 bits per heavy atom. The lowest BCUT2D eigenvalue weighted by atomic mass is 9.85. The minimum Gasteiger partial charge on any atom is -0.462 e. The second kappa shape index (κ2) is 36.3. The first-order chi connectivity index (χ1) is 28.4. The molecule has 0 aromatic heterocycles. The van der Waals surface area contributed by atoms with Crippen LogP contribution < -0.4 is 0 Å². The summed E-state index contributed by atoms with van der Waals surface area (Å²) >= 11 is 0. The van der Waals surface area contributed by atoms with Crippen LogP contribution in [0.3, 0.4) is 0 Å². The van der Waals surface area contributed by atoms with Crippen molar-refractivity contribution in [2.75, 3.05) is 13.2 Å². The molecule has 59 heavy (non-hydrogen) atoms. The second-order valence-electron chi connectivity index (χ2n) is 17.0. The first-order valence-electron chi connectivity index (χ1n) is 23.8. The molecule has 13 nitrogen and oxygen atoms in total. The average Bonchev–Trinajstić information content (AvgIpc) is 3.21. The van der Waals surface area contributed by atoms with Crippen LogP contribution in [0.4, 0.5) is 0 Å². The molecule has 1 aliphatic rings. The number of ether oxygens (including phenoxy) is 2. The van der Waals surface area contributed by atoms with Crippen molar-refractivity contribution < 1.29 is 63.1 Å². The molecule has 1 rings (SSSR count). The van der Waals surface area contributed by atoms with Crippen molar-refractivity contribution in [3.8, 4) is 0 Å². The van der Waals surface area contributed by atoms with Gasteiger partial charge in [-0.1, -0.05) is 194 Å². The molecule has 0 saturated heterocycles. The summed E-state index contributed by atoms with van der Waals surface area (Å²) in [6.45, 7) is 3.32. The Labute approximate surface area is 357 Å². The van der Waals surface area contributed by atoms with Crippen LogP contribution in [0.1, 0.15) is 219 Å². The zero-order chi connectivity index (χ0) is 43.6. The highest BCUT2D eigenvalue weighted by molar-refractivity contribution is 7.47. The monoisotopic (exact) mass is 867 g/mol. The van der Waals surface area contributed by atoms with Gasteiger partial charge in [0.25, 0.3) is 0 Å². The van der Waals surface area contributed by atoms with E-state index in [-0.39, 0.29) is 12.8 Å². The molecular formula is C45H87O13P. The number of aliphatic hydroxyl groups is 5. The van der Waals surface area contributed by atoms with Crippen molar-refractivity contribution in [2.45, 2.75) is 262 Å². The quantitative estimate of drug-likeness (QED) is 0.0193. The third-order valence-electron chi connectivity index (χ3n) is 11.4. The van der Waals surface area contributed by atoms with Crippen LogP contribution in [-0.2, 0) is 32.7 Å². The van der Waals surface area contributed by atoms with Crippen LogP contribution in [0.5, 0.6) is 0 Å². The van der Waals surface area contributed by atoms with E-state index in [4.69, 9.17) is 18.5 Å². The van der Waals surface area contributed by atoms with Gasteiger partial charge < -0.3 is 39.9 Å².